The maximum Gasteiger partial charge on any atom is 0.408 e. The molecular formula is C16H23NO5. The Morgan fingerprint density at radius 2 is 1.91 bits per heavy atom. The number of carbonyl (C=O) groups is 2. The van der Waals surface area contributed by atoms with E-state index < -0.39 is 18.1 Å². The van der Waals surface area contributed by atoms with E-state index in [4.69, 9.17) is 14.6 Å². The summed E-state index contributed by atoms with van der Waals surface area (Å²) in [7, 11) is 0. The minimum absolute atomic E-state index is 0.104. The highest BCUT2D eigenvalue weighted by Gasteiger charge is 2.20. The van der Waals surface area contributed by atoms with Gasteiger partial charge in [-0.05, 0) is 32.3 Å². The molecule has 2 N–H and O–H groups in total. The summed E-state index contributed by atoms with van der Waals surface area (Å²) in [5.41, 5.74) is 0.842. The Labute approximate surface area is 130 Å². The molecule has 0 radical (unpaired) electrons. The molecule has 0 aliphatic rings. The first kappa shape index (κ1) is 18.0. The van der Waals surface area contributed by atoms with Gasteiger partial charge in [-0.15, -0.1) is 0 Å². The third-order valence-electron chi connectivity index (χ3n) is 2.89. The Hall–Kier alpha value is -2.08. The number of alkyl carbamates (subject to hydrolysis) is 1. The van der Waals surface area contributed by atoms with Gasteiger partial charge in [0.1, 0.15) is 12.6 Å². The number of benzene rings is 1. The van der Waals surface area contributed by atoms with Crippen LogP contribution in [0.15, 0.2) is 30.3 Å². The normalized spacial score (nSPS) is 12.0. The number of ether oxygens (including phenoxy) is 2. The Balaban J connectivity index is 2.32. The van der Waals surface area contributed by atoms with Crippen molar-refractivity contribution in [3.05, 3.63) is 35.9 Å². The van der Waals surface area contributed by atoms with Crippen molar-refractivity contribution in [2.45, 2.75) is 45.4 Å². The smallest absolute Gasteiger partial charge is 0.408 e. The molecular weight excluding hydrogens is 286 g/mol. The van der Waals surface area contributed by atoms with E-state index in [2.05, 4.69) is 5.32 Å². The molecule has 0 aromatic heterocycles. The zero-order valence-electron chi connectivity index (χ0n) is 13.0. The van der Waals surface area contributed by atoms with Gasteiger partial charge in [0.05, 0.1) is 6.10 Å². The monoisotopic (exact) mass is 309 g/mol. The second-order valence-corrected chi connectivity index (χ2v) is 5.16. The molecule has 1 aromatic rings. The molecule has 0 heterocycles. The van der Waals surface area contributed by atoms with Crippen LogP contribution in [0, 0.1) is 0 Å². The average molecular weight is 309 g/mol. The first-order valence-corrected chi connectivity index (χ1v) is 7.30. The number of amides is 1. The second-order valence-electron chi connectivity index (χ2n) is 5.16. The van der Waals surface area contributed by atoms with E-state index in [0.29, 0.717) is 19.4 Å². The van der Waals surface area contributed by atoms with Gasteiger partial charge in [0.15, 0.2) is 0 Å². The summed E-state index contributed by atoms with van der Waals surface area (Å²) in [4.78, 5) is 22.8. The van der Waals surface area contributed by atoms with E-state index in [0.717, 1.165) is 5.56 Å². The van der Waals surface area contributed by atoms with Crippen molar-refractivity contribution < 1.29 is 24.2 Å². The zero-order valence-corrected chi connectivity index (χ0v) is 13.0. The minimum atomic E-state index is -1.08. The van der Waals surface area contributed by atoms with Crippen LogP contribution in [0.5, 0.6) is 0 Å². The number of hydrogen-bond donors (Lipinski definition) is 2. The lowest BCUT2D eigenvalue weighted by molar-refractivity contribution is -0.139. The first-order valence-electron chi connectivity index (χ1n) is 7.30. The van der Waals surface area contributed by atoms with Crippen LogP contribution < -0.4 is 5.32 Å². The fourth-order valence-corrected chi connectivity index (χ4v) is 1.77. The number of hydrogen-bond acceptors (Lipinski definition) is 4. The lowest BCUT2D eigenvalue weighted by atomic mass is 10.1. The number of aliphatic carboxylic acids is 1. The van der Waals surface area contributed by atoms with Crippen LogP contribution in [-0.4, -0.2) is 35.9 Å². The van der Waals surface area contributed by atoms with Crippen molar-refractivity contribution in [2.24, 2.45) is 0 Å². The zero-order chi connectivity index (χ0) is 16.4. The molecule has 122 valence electrons. The molecule has 6 nitrogen and oxygen atoms in total. The lowest BCUT2D eigenvalue weighted by Crippen LogP contribution is -2.41. The summed E-state index contributed by atoms with van der Waals surface area (Å²) in [5.74, 6) is -1.08. The van der Waals surface area contributed by atoms with E-state index in [-0.39, 0.29) is 12.7 Å². The quantitative estimate of drug-likeness (QED) is 0.685. The highest BCUT2D eigenvalue weighted by molar-refractivity contribution is 5.79. The third-order valence-corrected chi connectivity index (χ3v) is 2.89. The van der Waals surface area contributed by atoms with Gasteiger partial charge in [-0.2, -0.15) is 0 Å². The number of carbonyl (C=O) groups excluding carboxylic acids is 1. The number of rotatable bonds is 9. The molecule has 0 saturated carbocycles. The summed E-state index contributed by atoms with van der Waals surface area (Å²) >= 11 is 0. The first-order chi connectivity index (χ1) is 10.5. The fourth-order valence-electron chi connectivity index (χ4n) is 1.77. The van der Waals surface area contributed by atoms with Crippen molar-refractivity contribution >= 4 is 12.1 Å². The van der Waals surface area contributed by atoms with Gasteiger partial charge in [0, 0.05) is 6.61 Å². The van der Waals surface area contributed by atoms with Gasteiger partial charge in [0.2, 0.25) is 0 Å². The van der Waals surface area contributed by atoms with Crippen molar-refractivity contribution in [3.8, 4) is 0 Å². The van der Waals surface area contributed by atoms with Gasteiger partial charge >= 0.3 is 12.1 Å². The van der Waals surface area contributed by atoms with Crippen molar-refractivity contribution in [2.75, 3.05) is 6.61 Å². The van der Waals surface area contributed by atoms with Crippen LogP contribution in [0.25, 0.3) is 0 Å². The highest BCUT2D eigenvalue weighted by Crippen LogP contribution is 2.03. The Morgan fingerprint density at radius 1 is 1.23 bits per heavy atom. The fraction of sp³-hybridized carbons (Fsp3) is 0.500. The molecule has 1 unspecified atom stereocenters. The summed E-state index contributed by atoms with van der Waals surface area (Å²) in [6.45, 7) is 4.39. The van der Waals surface area contributed by atoms with E-state index >= 15 is 0 Å². The van der Waals surface area contributed by atoms with Crippen LogP contribution in [-0.2, 0) is 20.9 Å². The molecule has 6 heteroatoms. The Kier molecular flexibility index (Phi) is 7.99. The van der Waals surface area contributed by atoms with Crippen molar-refractivity contribution in [1.29, 1.82) is 0 Å². The molecule has 1 amide bonds. The van der Waals surface area contributed by atoms with Gasteiger partial charge in [0.25, 0.3) is 0 Å². The topological polar surface area (TPSA) is 84.9 Å². The number of nitrogens with one attached hydrogen (secondary N) is 1. The maximum absolute atomic E-state index is 11.6. The SMILES string of the molecule is CC(C)OCCCC(NC(=O)OCc1ccccc1)C(=O)O. The summed E-state index contributed by atoms with van der Waals surface area (Å²) in [6, 6.07) is 8.22. The molecule has 22 heavy (non-hydrogen) atoms. The van der Waals surface area contributed by atoms with Crippen LogP contribution in [0.4, 0.5) is 4.79 Å². The number of carboxylic acids is 1. The minimum Gasteiger partial charge on any atom is -0.480 e. The predicted octanol–water partition coefficient (Wildman–Crippen LogP) is 2.57. The van der Waals surface area contributed by atoms with E-state index in [1.54, 1.807) is 0 Å². The second kappa shape index (κ2) is 9.78. The molecule has 0 aliphatic carbocycles. The molecule has 0 aliphatic heterocycles. The average Bonchev–Trinajstić information content (AvgIpc) is 2.48. The molecule has 1 atom stereocenters. The van der Waals surface area contributed by atoms with E-state index in [1.807, 2.05) is 44.2 Å². The van der Waals surface area contributed by atoms with Gasteiger partial charge in [-0.1, -0.05) is 30.3 Å². The summed E-state index contributed by atoms with van der Waals surface area (Å²) in [5, 5.41) is 11.5. The number of carboxylic acid groups (broad SMARTS) is 1. The van der Waals surface area contributed by atoms with Crippen LogP contribution in [0.2, 0.25) is 0 Å². The van der Waals surface area contributed by atoms with Gasteiger partial charge < -0.3 is 19.9 Å². The largest absolute Gasteiger partial charge is 0.480 e. The Morgan fingerprint density at radius 3 is 2.50 bits per heavy atom. The molecule has 1 rings (SSSR count). The Bertz CT molecular complexity index is 461. The van der Waals surface area contributed by atoms with E-state index in [9.17, 15) is 9.59 Å². The van der Waals surface area contributed by atoms with Crippen LogP contribution >= 0.6 is 0 Å². The van der Waals surface area contributed by atoms with Crippen molar-refractivity contribution in [3.63, 3.8) is 0 Å². The summed E-state index contributed by atoms with van der Waals surface area (Å²) in [6.07, 6.45) is 0.212. The van der Waals surface area contributed by atoms with Crippen LogP contribution in [0.1, 0.15) is 32.3 Å². The molecule has 0 bridgehead atoms. The standard InChI is InChI=1S/C16H23NO5/c1-12(2)21-10-6-9-14(15(18)19)17-16(20)22-11-13-7-4-3-5-8-13/h3-5,7-8,12,14H,6,9-11H2,1-2H3,(H,17,20)(H,18,19). The van der Waals surface area contributed by atoms with Crippen LogP contribution in [0.3, 0.4) is 0 Å². The predicted molar refractivity (Wildman–Crippen MR) is 81.5 cm³/mol. The van der Waals surface area contributed by atoms with Gasteiger partial charge in [-0.3, -0.25) is 0 Å². The summed E-state index contributed by atoms with van der Waals surface area (Å²) < 4.78 is 10.4. The van der Waals surface area contributed by atoms with E-state index in [1.165, 1.54) is 0 Å². The highest BCUT2D eigenvalue weighted by atomic mass is 16.5. The molecule has 1 aromatic carbocycles. The lowest BCUT2D eigenvalue weighted by Gasteiger charge is -2.15. The van der Waals surface area contributed by atoms with Crippen molar-refractivity contribution in [1.82, 2.24) is 5.32 Å². The molecule has 0 spiro atoms. The molecule has 0 saturated heterocycles. The molecule has 0 fully saturated rings. The van der Waals surface area contributed by atoms with Gasteiger partial charge in [-0.25, -0.2) is 9.59 Å². The third kappa shape index (κ3) is 7.64. The maximum atomic E-state index is 11.6.